The summed E-state index contributed by atoms with van der Waals surface area (Å²) in [7, 11) is 1.46. The summed E-state index contributed by atoms with van der Waals surface area (Å²) in [6, 6.07) is 0.250. The van der Waals surface area contributed by atoms with Crippen molar-refractivity contribution in [1.29, 1.82) is 0 Å². The smallest absolute Gasteiger partial charge is 0.310 e. The third-order valence-corrected chi connectivity index (χ3v) is 2.66. The predicted octanol–water partition coefficient (Wildman–Crippen LogP) is 1.18. The Bertz CT molecular complexity index is 196. The van der Waals surface area contributed by atoms with Crippen LogP contribution in [0, 0.1) is 11.3 Å². The lowest BCUT2D eigenvalue weighted by molar-refractivity contribution is -0.146. The Morgan fingerprint density at radius 3 is 2.54 bits per heavy atom. The van der Waals surface area contributed by atoms with Crippen LogP contribution >= 0.6 is 0 Å². The molecule has 76 valence electrons. The molecule has 1 rings (SSSR count). The van der Waals surface area contributed by atoms with Gasteiger partial charge in [0.15, 0.2) is 0 Å². The predicted molar refractivity (Wildman–Crippen MR) is 51.4 cm³/mol. The summed E-state index contributed by atoms with van der Waals surface area (Å²) in [5.74, 6) is -0.0464. The van der Waals surface area contributed by atoms with E-state index in [4.69, 9.17) is 4.74 Å². The number of nitrogens with one attached hydrogen (secondary N) is 1. The van der Waals surface area contributed by atoms with E-state index in [1.165, 1.54) is 7.11 Å². The maximum absolute atomic E-state index is 11.4. The maximum Gasteiger partial charge on any atom is 0.310 e. The van der Waals surface area contributed by atoms with Gasteiger partial charge in [-0.15, -0.1) is 0 Å². The summed E-state index contributed by atoms with van der Waals surface area (Å²) >= 11 is 0. The van der Waals surface area contributed by atoms with E-state index >= 15 is 0 Å². The number of esters is 1. The van der Waals surface area contributed by atoms with Crippen LogP contribution in [0.4, 0.5) is 0 Å². The molecule has 13 heavy (non-hydrogen) atoms. The van der Waals surface area contributed by atoms with Gasteiger partial charge in [0.1, 0.15) is 0 Å². The van der Waals surface area contributed by atoms with Gasteiger partial charge in [0.05, 0.1) is 13.0 Å². The quantitative estimate of drug-likeness (QED) is 0.623. The second kappa shape index (κ2) is 3.66. The van der Waals surface area contributed by atoms with E-state index in [2.05, 4.69) is 26.1 Å². The monoisotopic (exact) mass is 185 g/mol. The Balaban J connectivity index is 2.70. The fraction of sp³-hybridized carbons (Fsp3) is 0.900. The van der Waals surface area contributed by atoms with Crippen LogP contribution in [0.3, 0.4) is 0 Å². The molecule has 1 N–H and O–H groups in total. The molecule has 0 spiro atoms. The fourth-order valence-corrected chi connectivity index (χ4v) is 2.02. The largest absolute Gasteiger partial charge is 0.469 e. The van der Waals surface area contributed by atoms with Crippen LogP contribution in [0.5, 0.6) is 0 Å². The lowest BCUT2D eigenvalue weighted by Gasteiger charge is -2.30. The molecule has 0 aromatic carbocycles. The van der Waals surface area contributed by atoms with Crippen molar-refractivity contribution in [3.05, 3.63) is 0 Å². The van der Waals surface area contributed by atoms with Gasteiger partial charge in [-0.25, -0.2) is 0 Å². The number of methoxy groups -OCH3 is 1. The minimum atomic E-state index is -0.0788. The van der Waals surface area contributed by atoms with Gasteiger partial charge >= 0.3 is 5.97 Å². The van der Waals surface area contributed by atoms with Crippen LogP contribution in [-0.4, -0.2) is 25.7 Å². The molecule has 2 unspecified atom stereocenters. The first-order valence-corrected chi connectivity index (χ1v) is 4.78. The molecule has 0 saturated carbocycles. The van der Waals surface area contributed by atoms with Gasteiger partial charge < -0.3 is 10.1 Å². The molecular formula is C10H19NO2. The molecule has 1 fully saturated rings. The number of carbonyl (C=O) groups is 1. The molecule has 0 bridgehead atoms. The molecule has 0 aromatic rings. The molecule has 1 heterocycles. The zero-order chi connectivity index (χ0) is 10.1. The van der Waals surface area contributed by atoms with Gasteiger partial charge in [-0.05, 0) is 18.4 Å². The van der Waals surface area contributed by atoms with E-state index < -0.39 is 0 Å². The minimum absolute atomic E-state index is 0.0324. The second-order valence-corrected chi connectivity index (χ2v) is 4.72. The lowest BCUT2D eigenvalue weighted by atomic mass is 9.80. The highest BCUT2D eigenvalue weighted by Gasteiger charge is 2.40. The lowest BCUT2D eigenvalue weighted by Crippen LogP contribution is -2.42. The second-order valence-electron chi connectivity index (χ2n) is 4.72. The third kappa shape index (κ3) is 2.21. The number of rotatable bonds is 1. The van der Waals surface area contributed by atoms with Gasteiger partial charge in [0.2, 0.25) is 0 Å². The Labute approximate surface area is 79.8 Å². The summed E-state index contributed by atoms with van der Waals surface area (Å²) < 4.78 is 4.78. The molecular weight excluding hydrogens is 166 g/mol. The highest BCUT2D eigenvalue weighted by Crippen LogP contribution is 2.31. The van der Waals surface area contributed by atoms with Crippen molar-refractivity contribution in [2.75, 3.05) is 13.7 Å². The van der Waals surface area contributed by atoms with Crippen LogP contribution < -0.4 is 5.32 Å². The zero-order valence-electron chi connectivity index (χ0n) is 8.89. The molecule has 0 aliphatic carbocycles. The molecule has 1 aliphatic rings. The first-order chi connectivity index (χ1) is 5.96. The van der Waals surface area contributed by atoms with Gasteiger partial charge in [-0.1, -0.05) is 20.8 Å². The molecule has 1 aliphatic heterocycles. The number of carbonyl (C=O) groups excluding carboxylic acids is 1. The molecule has 3 heteroatoms. The van der Waals surface area contributed by atoms with Crippen molar-refractivity contribution in [2.24, 2.45) is 11.3 Å². The average molecular weight is 185 g/mol. The minimum Gasteiger partial charge on any atom is -0.469 e. The van der Waals surface area contributed by atoms with Crippen LogP contribution in [0.2, 0.25) is 0 Å². The van der Waals surface area contributed by atoms with Crippen molar-refractivity contribution in [3.63, 3.8) is 0 Å². The normalized spacial score (nSPS) is 28.9. The molecule has 0 aromatic heterocycles. The van der Waals surface area contributed by atoms with Crippen LogP contribution in [0.15, 0.2) is 0 Å². The van der Waals surface area contributed by atoms with Gasteiger partial charge in [0.25, 0.3) is 0 Å². The molecule has 3 nitrogen and oxygen atoms in total. The number of hydrogen-bond acceptors (Lipinski definition) is 3. The maximum atomic E-state index is 11.4. The first kappa shape index (κ1) is 10.5. The summed E-state index contributed by atoms with van der Waals surface area (Å²) in [5, 5.41) is 3.36. The Morgan fingerprint density at radius 1 is 1.46 bits per heavy atom. The van der Waals surface area contributed by atoms with E-state index in [-0.39, 0.29) is 23.3 Å². The highest BCUT2D eigenvalue weighted by atomic mass is 16.5. The van der Waals surface area contributed by atoms with E-state index in [9.17, 15) is 4.79 Å². The molecule has 1 saturated heterocycles. The SMILES string of the molecule is COC(=O)C1CCNC1C(C)(C)C. The van der Waals surface area contributed by atoms with Gasteiger partial charge in [-0.2, -0.15) is 0 Å². The highest BCUT2D eigenvalue weighted by molar-refractivity contribution is 5.73. The average Bonchev–Trinajstić information content (AvgIpc) is 2.49. The first-order valence-electron chi connectivity index (χ1n) is 4.78. The summed E-state index contributed by atoms with van der Waals surface area (Å²) in [5.41, 5.74) is 0.120. The molecule has 0 amide bonds. The molecule has 0 radical (unpaired) electrons. The molecule has 2 atom stereocenters. The Kier molecular flexibility index (Phi) is 2.96. The third-order valence-electron chi connectivity index (χ3n) is 2.66. The van der Waals surface area contributed by atoms with E-state index in [0.717, 1.165) is 13.0 Å². The summed E-state index contributed by atoms with van der Waals surface area (Å²) in [6.07, 6.45) is 0.897. The zero-order valence-corrected chi connectivity index (χ0v) is 8.89. The van der Waals surface area contributed by atoms with E-state index in [1.807, 2.05) is 0 Å². The van der Waals surface area contributed by atoms with Gasteiger partial charge in [0, 0.05) is 6.04 Å². The van der Waals surface area contributed by atoms with Gasteiger partial charge in [-0.3, -0.25) is 4.79 Å². The summed E-state index contributed by atoms with van der Waals surface area (Å²) in [6.45, 7) is 7.35. The summed E-state index contributed by atoms with van der Waals surface area (Å²) in [4.78, 5) is 11.4. The standard InChI is InChI=1S/C10H19NO2/c1-10(2,3)8-7(5-6-11-8)9(12)13-4/h7-8,11H,5-6H2,1-4H3. The van der Waals surface area contributed by atoms with Crippen molar-refractivity contribution in [1.82, 2.24) is 5.32 Å². The number of hydrogen-bond donors (Lipinski definition) is 1. The Morgan fingerprint density at radius 2 is 2.08 bits per heavy atom. The van der Waals surface area contributed by atoms with Crippen LogP contribution in [0.1, 0.15) is 27.2 Å². The van der Waals surface area contributed by atoms with Crippen molar-refractivity contribution < 1.29 is 9.53 Å². The van der Waals surface area contributed by atoms with Crippen molar-refractivity contribution in [2.45, 2.75) is 33.2 Å². The number of ether oxygens (including phenoxy) is 1. The van der Waals surface area contributed by atoms with Crippen LogP contribution in [0.25, 0.3) is 0 Å². The van der Waals surface area contributed by atoms with Crippen molar-refractivity contribution in [3.8, 4) is 0 Å². The van der Waals surface area contributed by atoms with Crippen LogP contribution in [-0.2, 0) is 9.53 Å². The van der Waals surface area contributed by atoms with Crippen molar-refractivity contribution >= 4 is 5.97 Å². The Hall–Kier alpha value is -0.570. The van der Waals surface area contributed by atoms with E-state index in [0.29, 0.717) is 0 Å². The topological polar surface area (TPSA) is 38.3 Å². The fourth-order valence-electron chi connectivity index (χ4n) is 2.02. The van der Waals surface area contributed by atoms with E-state index in [1.54, 1.807) is 0 Å².